The summed E-state index contributed by atoms with van der Waals surface area (Å²) in [5.41, 5.74) is 1.10. The molecule has 5 nitrogen and oxygen atoms in total. The number of carbonyl (C=O) groups is 2. The fourth-order valence-electron chi connectivity index (χ4n) is 2.36. The fraction of sp³-hybridized carbons (Fsp3) is 0.500. The molecular weight excluding hydrogens is 242 g/mol. The third-order valence-electron chi connectivity index (χ3n) is 3.41. The van der Waals surface area contributed by atoms with E-state index in [-0.39, 0.29) is 17.9 Å². The van der Waals surface area contributed by atoms with E-state index in [1.807, 2.05) is 19.1 Å². The van der Waals surface area contributed by atoms with Crippen molar-refractivity contribution < 1.29 is 9.59 Å². The zero-order valence-corrected chi connectivity index (χ0v) is 11.1. The van der Waals surface area contributed by atoms with Crippen molar-refractivity contribution in [2.24, 2.45) is 0 Å². The molecule has 0 aliphatic carbocycles. The Labute approximate surface area is 113 Å². The van der Waals surface area contributed by atoms with Crippen LogP contribution >= 0.6 is 0 Å². The lowest BCUT2D eigenvalue weighted by Crippen LogP contribution is -2.56. The monoisotopic (exact) mass is 261 g/mol. The van der Waals surface area contributed by atoms with Crippen LogP contribution in [0.5, 0.6) is 0 Å². The number of nitrogens with one attached hydrogen (secondary N) is 1. The van der Waals surface area contributed by atoms with E-state index < -0.39 is 0 Å². The van der Waals surface area contributed by atoms with Crippen LogP contribution in [0.3, 0.4) is 0 Å². The maximum Gasteiger partial charge on any atom is 0.242 e. The minimum absolute atomic E-state index is 0.0361. The average Bonchev–Trinajstić information content (AvgIpc) is 2.45. The number of aryl methyl sites for hydroxylation is 1. The minimum atomic E-state index is -0.307. The third-order valence-corrected chi connectivity index (χ3v) is 3.41. The molecule has 0 aromatic carbocycles. The molecule has 1 fully saturated rings. The van der Waals surface area contributed by atoms with Gasteiger partial charge in [0.05, 0.1) is 0 Å². The van der Waals surface area contributed by atoms with E-state index >= 15 is 0 Å². The van der Waals surface area contributed by atoms with Gasteiger partial charge in [-0.2, -0.15) is 0 Å². The Balaban J connectivity index is 1.93. The van der Waals surface area contributed by atoms with Crippen LogP contribution in [0.1, 0.15) is 25.3 Å². The number of rotatable bonds is 4. The number of nitrogens with zero attached hydrogens (tertiary/aromatic N) is 2. The number of hydrogen-bond donors (Lipinski definition) is 1. The van der Waals surface area contributed by atoms with E-state index in [4.69, 9.17) is 0 Å². The Kier molecular flexibility index (Phi) is 4.49. The van der Waals surface area contributed by atoms with Crippen LogP contribution in [-0.4, -0.2) is 40.8 Å². The molecule has 1 aliphatic heterocycles. The van der Waals surface area contributed by atoms with Crippen LogP contribution in [0.4, 0.5) is 0 Å². The second kappa shape index (κ2) is 6.31. The van der Waals surface area contributed by atoms with E-state index in [1.54, 1.807) is 17.3 Å². The van der Waals surface area contributed by atoms with Crippen molar-refractivity contribution in [1.82, 2.24) is 15.2 Å². The molecule has 0 spiro atoms. The molecule has 19 heavy (non-hydrogen) atoms. The molecule has 2 heterocycles. The first kappa shape index (κ1) is 13.5. The Morgan fingerprint density at radius 3 is 2.89 bits per heavy atom. The van der Waals surface area contributed by atoms with Gasteiger partial charge in [-0.15, -0.1) is 0 Å². The molecule has 1 atom stereocenters. The van der Waals surface area contributed by atoms with Gasteiger partial charge in [-0.05, 0) is 30.5 Å². The first-order valence-electron chi connectivity index (χ1n) is 6.68. The van der Waals surface area contributed by atoms with Gasteiger partial charge in [0.15, 0.2) is 0 Å². The Morgan fingerprint density at radius 2 is 2.21 bits per heavy atom. The zero-order chi connectivity index (χ0) is 13.7. The molecule has 1 N–H and O–H groups in total. The molecule has 0 saturated carbocycles. The average molecular weight is 261 g/mol. The second-order valence-corrected chi connectivity index (χ2v) is 4.66. The largest absolute Gasteiger partial charge is 0.353 e. The summed E-state index contributed by atoms with van der Waals surface area (Å²) in [4.78, 5) is 29.6. The Hall–Kier alpha value is -1.91. The summed E-state index contributed by atoms with van der Waals surface area (Å²) >= 11 is 0. The van der Waals surface area contributed by atoms with Gasteiger partial charge in [0.25, 0.3) is 0 Å². The van der Waals surface area contributed by atoms with Crippen LogP contribution in [-0.2, 0) is 16.0 Å². The van der Waals surface area contributed by atoms with Crippen molar-refractivity contribution in [3.05, 3.63) is 30.1 Å². The second-order valence-electron chi connectivity index (χ2n) is 4.66. The number of piperazine rings is 1. The number of pyridine rings is 1. The number of aromatic nitrogens is 1. The summed E-state index contributed by atoms with van der Waals surface area (Å²) in [6.07, 6.45) is 5.24. The first-order chi connectivity index (χ1) is 9.22. The van der Waals surface area contributed by atoms with Crippen molar-refractivity contribution >= 4 is 11.8 Å². The van der Waals surface area contributed by atoms with E-state index in [1.165, 1.54) is 0 Å². The molecule has 1 aromatic rings. The number of carbonyl (C=O) groups excluding carboxylic acids is 2. The summed E-state index contributed by atoms with van der Waals surface area (Å²) in [6, 6.07) is 3.51. The zero-order valence-electron chi connectivity index (χ0n) is 11.1. The molecular formula is C14H19N3O2. The molecule has 2 rings (SSSR count). The van der Waals surface area contributed by atoms with Crippen molar-refractivity contribution in [2.75, 3.05) is 13.1 Å². The third kappa shape index (κ3) is 3.30. The highest BCUT2D eigenvalue weighted by Crippen LogP contribution is 2.12. The highest BCUT2D eigenvalue weighted by molar-refractivity contribution is 5.88. The predicted octanol–water partition coefficient (Wildman–Crippen LogP) is 0.751. The van der Waals surface area contributed by atoms with Crippen LogP contribution in [0, 0.1) is 0 Å². The van der Waals surface area contributed by atoms with Gasteiger partial charge in [0, 0.05) is 31.9 Å². The van der Waals surface area contributed by atoms with Gasteiger partial charge < -0.3 is 10.2 Å². The molecule has 1 aromatic heterocycles. The van der Waals surface area contributed by atoms with Crippen molar-refractivity contribution in [3.63, 3.8) is 0 Å². The number of amides is 2. The van der Waals surface area contributed by atoms with Crippen molar-refractivity contribution in [1.29, 1.82) is 0 Å². The Morgan fingerprint density at radius 1 is 1.47 bits per heavy atom. The lowest BCUT2D eigenvalue weighted by molar-refractivity contribution is -0.143. The lowest BCUT2D eigenvalue weighted by atomic mass is 10.1. The summed E-state index contributed by atoms with van der Waals surface area (Å²) < 4.78 is 0. The van der Waals surface area contributed by atoms with Crippen LogP contribution in [0.2, 0.25) is 0 Å². The smallest absolute Gasteiger partial charge is 0.242 e. The highest BCUT2D eigenvalue weighted by Gasteiger charge is 2.30. The molecule has 1 unspecified atom stereocenters. The lowest BCUT2D eigenvalue weighted by Gasteiger charge is -2.34. The molecule has 1 aliphatic rings. The SMILES string of the molecule is CCC1C(=O)NCCN1C(=O)CCc1ccncc1. The van der Waals surface area contributed by atoms with Crippen LogP contribution in [0.15, 0.2) is 24.5 Å². The fourth-order valence-corrected chi connectivity index (χ4v) is 2.36. The summed E-state index contributed by atoms with van der Waals surface area (Å²) in [5.74, 6) is 0.0181. The van der Waals surface area contributed by atoms with Gasteiger partial charge >= 0.3 is 0 Å². The quantitative estimate of drug-likeness (QED) is 0.870. The molecule has 2 amide bonds. The predicted molar refractivity (Wildman–Crippen MR) is 71.4 cm³/mol. The van der Waals surface area contributed by atoms with E-state index in [9.17, 15) is 9.59 Å². The highest BCUT2D eigenvalue weighted by atomic mass is 16.2. The molecule has 5 heteroatoms. The molecule has 0 bridgehead atoms. The summed E-state index contributed by atoms with van der Waals surface area (Å²) in [7, 11) is 0. The van der Waals surface area contributed by atoms with Gasteiger partial charge in [-0.3, -0.25) is 14.6 Å². The molecule has 102 valence electrons. The van der Waals surface area contributed by atoms with E-state index in [0.29, 0.717) is 32.4 Å². The Bertz CT molecular complexity index is 447. The van der Waals surface area contributed by atoms with Gasteiger partial charge in [-0.25, -0.2) is 0 Å². The molecule has 1 saturated heterocycles. The minimum Gasteiger partial charge on any atom is -0.353 e. The maximum atomic E-state index is 12.2. The normalized spacial score (nSPS) is 19.1. The van der Waals surface area contributed by atoms with E-state index in [0.717, 1.165) is 5.56 Å². The topological polar surface area (TPSA) is 62.3 Å². The van der Waals surface area contributed by atoms with Gasteiger partial charge in [0.2, 0.25) is 11.8 Å². The first-order valence-corrected chi connectivity index (χ1v) is 6.68. The van der Waals surface area contributed by atoms with Crippen LogP contribution in [0.25, 0.3) is 0 Å². The molecule has 0 radical (unpaired) electrons. The van der Waals surface area contributed by atoms with Crippen molar-refractivity contribution in [3.8, 4) is 0 Å². The van der Waals surface area contributed by atoms with Crippen LogP contribution < -0.4 is 5.32 Å². The van der Waals surface area contributed by atoms with Crippen molar-refractivity contribution in [2.45, 2.75) is 32.2 Å². The summed E-state index contributed by atoms with van der Waals surface area (Å²) in [5, 5.41) is 2.80. The number of hydrogen-bond acceptors (Lipinski definition) is 3. The van der Waals surface area contributed by atoms with Gasteiger partial charge in [-0.1, -0.05) is 6.92 Å². The maximum absolute atomic E-state index is 12.2. The summed E-state index contributed by atoms with van der Waals surface area (Å²) in [6.45, 7) is 3.09. The standard InChI is InChI=1S/C14H19N3O2/c1-2-12-14(19)16-9-10-17(12)13(18)4-3-11-5-7-15-8-6-11/h5-8,12H,2-4,9-10H2,1H3,(H,16,19). The van der Waals surface area contributed by atoms with Gasteiger partial charge in [0.1, 0.15) is 6.04 Å². The van der Waals surface area contributed by atoms with E-state index in [2.05, 4.69) is 10.3 Å².